The molecule has 4 heterocycles. The summed E-state index contributed by atoms with van der Waals surface area (Å²) in [5, 5.41) is 14.2. The first-order chi connectivity index (χ1) is 18.4. The highest BCUT2D eigenvalue weighted by Crippen LogP contribution is 2.54. The van der Waals surface area contributed by atoms with Gasteiger partial charge in [0.25, 0.3) is 0 Å². The lowest BCUT2D eigenvalue weighted by atomic mass is 9.72. The van der Waals surface area contributed by atoms with Crippen LogP contribution in [-0.4, -0.2) is 41.0 Å². The number of phenols is 1. The molecule has 2 aromatic rings. The fourth-order valence-corrected chi connectivity index (χ4v) is 6.56. The van der Waals surface area contributed by atoms with E-state index in [2.05, 4.69) is 11.4 Å². The number of hydrogen-bond acceptors (Lipinski definition) is 9. The summed E-state index contributed by atoms with van der Waals surface area (Å²) < 4.78 is 24.0. The van der Waals surface area contributed by atoms with Crippen LogP contribution in [0.5, 0.6) is 11.5 Å². The largest absolute Gasteiger partial charge is 0.507 e. The Labute approximate surface area is 227 Å². The van der Waals surface area contributed by atoms with Crippen molar-refractivity contribution < 1.29 is 28.5 Å². The number of hydrogen-bond donors (Lipinski definition) is 3. The lowest BCUT2D eigenvalue weighted by molar-refractivity contribution is -0.167. The van der Waals surface area contributed by atoms with Gasteiger partial charge in [0.1, 0.15) is 39.9 Å². The minimum Gasteiger partial charge on any atom is -0.507 e. The lowest BCUT2D eigenvalue weighted by Crippen LogP contribution is -2.50. The van der Waals surface area contributed by atoms with Crippen LogP contribution in [0.4, 0.5) is 0 Å². The van der Waals surface area contributed by atoms with E-state index in [4.69, 9.17) is 24.4 Å². The van der Waals surface area contributed by atoms with Gasteiger partial charge in [0.2, 0.25) is 0 Å². The number of carbonyl (C=O) groups is 1. The van der Waals surface area contributed by atoms with Crippen LogP contribution in [0.2, 0.25) is 0 Å². The van der Waals surface area contributed by atoms with Crippen LogP contribution in [-0.2, 0) is 20.7 Å². The molecule has 0 radical (unpaired) electrons. The molecule has 3 aliphatic heterocycles. The number of ether oxygens (including phenoxy) is 3. The summed E-state index contributed by atoms with van der Waals surface area (Å²) in [5.41, 5.74) is 5.63. The molecule has 9 heteroatoms. The highest BCUT2D eigenvalue weighted by molar-refractivity contribution is 5.87. The third-order valence-corrected chi connectivity index (χ3v) is 9.01. The molecule has 1 aromatic carbocycles. The van der Waals surface area contributed by atoms with Crippen LogP contribution in [0.25, 0.3) is 11.0 Å². The standard InChI is InChI=1S/C30H36N2O7/c1-16-11-19(33)25-21(36-16)14-20-18(26(25)34)13-22(28(2,3)38-20)37-27(35)29(4)23(39-29)15-30(8-5-6-9-30)17-7-10-32-24(31)12-17/h7,11-12,14,22-23,32,34H,5-6,8-10,13,15,31H2,1-4H3/t22-,23-,29+/m1/s1. The Kier molecular flexibility index (Phi) is 5.81. The highest BCUT2D eigenvalue weighted by Gasteiger charge is 2.63. The zero-order valence-corrected chi connectivity index (χ0v) is 22.9. The predicted molar refractivity (Wildman–Crippen MR) is 144 cm³/mol. The Balaban J connectivity index is 1.21. The molecule has 0 amide bonds. The molecule has 0 bridgehead atoms. The topological polar surface area (TPSA) is 137 Å². The number of nitrogens with one attached hydrogen (secondary N) is 1. The smallest absolute Gasteiger partial charge is 0.341 e. The van der Waals surface area contributed by atoms with Gasteiger partial charge in [0.15, 0.2) is 11.0 Å². The Morgan fingerprint density at radius 1 is 1.23 bits per heavy atom. The average molecular weight is 537 g/mol. The van der Waals surface area contributed by atoms with Gasteiger partial charge in [-0.3, -0.25) is 4.79 Å². The van der Waals surface area contributed by atoms with E-state index in [1.54, 1.807) is 19.9 Å². The first-order valence-corrected chi connectivity index (χ1v) is 13.7. The summed E-state index contributed by atoms with van der Waals surface area (Å²) in [6.07, 6.45) is 8.51. The average Bonchev–Trinajstić information content (AvgIpc) is 3.27. The van der Waals surface area contributed by atoms with Crippen molar-refractivity contribution in [3.8, 4) is 11.5 Å². The van der Waals surface area contributed by atoms with Gasteiger partial charge in [-0.1, -0.05) is 18.9 Å². The molecule has 2 fully saturated rings. The van der Waals surface area contributed by atoms with E-state index in [0.717, 1.165) is 32.1 Å². The van der Waals surface area contributed by atoms with E-state index in [9.17, 15) is 14.7 Å². The van der Waals surface area contributed by atoms with E-state index in [-0.39, 0.29) is 40.1 Å². The Bertz CT molecular complexity index is 1480. The summed E-state index contributed by atoms with van der Waals surface area (Å²) in [5.74, 6) is 0.863. The molecule has 208 valence electrons. The molecule has 0 spiro atoms. The number of dihydropyridines is 1. The second-order valence-electron chi connectivity index (χ2n) is 12.1. The first kappa shape index (κ1) is 25.8. The number of benzene rings is 1. The third-order valence-electron chi connectivity index (χ3n) is 9.01. The molecule has 39 heavy (non-hydrogen) atoms. The summed E-state index contributed by atoms with van der Waals surface area (Å²) >= 11 is 0. The molecule has 1 saturated carbocycles. The van der Waals surface area contributed by atoms with Crippen LogP contribution in [0.3, 0.4) is 0 Å². The van der Waals surface area contributed by atoms with Gasteiger partial charge in [0, 0.05) is 30.7 Å². The van der Waals surface area contributed by atoms with Gasteiger partial charge >= 0.3 is 5.97 Å². The Hall–Kier alpha value is -3.46. The normalized spacial score (nSPS) is 28.5. The van der Waals surface area contributed by atoms with Crippen LogP contribution in [0.1, 0.15) is 64.2 Å². The van der Waals surface area contributed by atoms with Crippen molar-refractivity contribution in [3.63, 3.8) is 0 Å². The number of allylic oxidation sites excluding steroid dienone is 2. The van der Waals surface area contributed by atoms with Crippen molar-refractivity contribution in [3.05, 3.63) is 57.2 Å². The van der Waals surface area contributed by atoms with Crippen molar-refractivity contribution in [1.82, 2.24) is 5.32 Å². The zero-order valence-electron chi connectivity index (χ0n) is 22.9. The summed E-state index contributed by atoms with van der Waals surface area (Å²) in [4.78, 5) is 26.1. The molecule has 1 aliphatic carbocycles. The van der Waals surface area contributed by atoms with Crippen LogP contribution in [0, 0.1) is 12.3 Å². The van der Waals surface area contributed by atoms with Gasteiger partial charge in [-0.05, 0) is 64.0 Å². The molecule has 0 unspecified atom stereocenters. The van der Waals surface area contributed by atoms with Crippen molar-refractivity contribution in [2.24, 2.45) is 11.1 Å². The van der Waals surface area contributed by atoms with Crippen molar-refractivity contribution in [2.45, 2.75) is 89.6 Å². The fourth-order valence-electron chi connectivity index (χ4n) is 6.56. The van der Waals surface area contributed by atoms with E-state index in [1.165, 1.54) is 11.6 Å². The number of aromatic hydroxyl groups is 1. The predicted octanol–water partition coefficient (Wildman–Crippen LogP) is 3.87. The molecular formula is C30H36N2O7. The second kappa shape index (κ2) is 8.78. The van der Waals surface area contributed by atoms with Gasteiger partial charge in [-0.2, -0.15) is 0 Å². The number of epoxide rings is 1. The quantitative estimate of drug-likeness (QED) is 0.384. The third kappa shape index (κ3) is 4.27. The maximum atomic E-state index is 13.5. The minimum absolute atomic E-state index is 0.0616. The zero-order chi connectivity index (χ0) is 27.7. The summed E-state index contributed by atoms with van der Waals surface area (Å²) in [6, 6.07) is 2.96. The molecule has 1 aromatic heterocycles. The van der Waals surface area contributed by atoms with Gasteiger partial charge in [-0.25, -0.2) is 4.79 Å². The van der Waals surface area contributed by atoms with E-state index in [1.807, 2.05) is 19.9 Å². The highest BCUT2D eigenvalue weighted by atomic mass is 16.7. The van der Waals surface area contributed by atoms with Gasteiger partial charge in [-0.15, -0.1) is 0 Å². The van der Waals surface area contributed by atoms with Crippen molar-refractivity contribution in [2.75, 3.05) is 6.54 Å². The molecule has 1 saturated heterocycles. The molecule has 4 aliphatic rings. The Morgan fingerprint density at radius 2 is 1.97 bits per heavy atom. The maximum Gasteiger partial charge on any atom is 0.341 e. The summed E-state index contributed by atoms with van der Waals surface area (Å²) in [7, 11) is 0. The molecule has 4 N–H and O–H groups in total. The Morgan fingerprint density at radius 3 is 2.69 bits per heavy atom. The summed E-state index contributed by atoms with van der Waals surface area (Å²) in [6.45, 7) is 7.83. The number of phenolic OH excluding ortho intramolecular Hbond substituents is 1. The number of fused-ring (bicyclic) bond motifs is 2. The van der Waals surface area contributed by atoms with Crippen LogP contribution in [0.15, 0.2) is 44.9 Å². The fraction of sp³-hybridized carbons (Fsp3) is 0.533. The van der Waals surface area contributed by atoms with Crippen LogP contribution < -0.4 is 21.2 Å². The van der Waals surface area contributed by atoms with Crippen LogP contribution >= 0.6 is 0 Å². The number of rotatable bonds is 5. The lowest BCUT2D eigenvalue weighted by Gasteiger charge is -2.39. The molecule has 3 atom stereocenters. The second-order valence-corrected chi connectivity index (χ2v) is 12.1. The number of aryl methyl sites for hydroxylation is 1. The molecular weight excluding hydrogens is 500 g/mol. The molecule has 9 nitrogen and oxygen atoms in total. The van der Waals surface area contributed by atoms with Crippen molar-refractivity contribution in [1.29, 1.82) is 0 Å². The van der Waals surface area contributed by atoms with Gasteiger partial charge < -0.3 is 34.8 Å². The van der Waals surface area contributed by atoms with E-state index in [0.29, 0.717) is 29.4 Å². The first-order valence-electron chi connectivity index (χ1n) is 13.7. The number of carbonyl (C=O) groups excluding carboxylic acids is 1. The van der Waals surface area contributed by atoms with E-state index < -0.39 is 23.3 Å². The number of nitrogens with two attached hydrogens (primary N) is 1. The SMILES string of the molecule is Cc1cc(=O)c2c(O)c3c(cc2o1)OC(C)(C)[C@H](OC(=O)[C@@]1(C)O[C@@H]1CC1(C2=CCNC(N)=C2)CCCC1)C3. The molecule has 6 rings (SSSR count). The van der Waals surface area contributed by atoms with Crippen molar-refractivity contribution >= 4 is 16.9 Å². The van der Waals surface area contributed by atoms with E-state index >= 15 is 0 Å². The number of esters is 1. The van der Waals surface area contributed by atoms with Gasteiger partial charge in [0.05, 0.1) is 11.9 Å². The monoisotopic (exact) mass is 536 g/mol. The maximum absolute atomic E-state index is 13.5. The minimum atomic E-state index is -1.06.